The second-order valence-corrected chi connectivity index (χ2v) is 15.2. The molecule has 1 heterocycles. The molecule has 1 aliphatic carbocycles. The molecule has 2 nitrogen and oxygen atoms in total. The lowest BCUT2D eigenvalue weighted by Crippen LogP contribution is -2.25. The van der Waals surface area contributed by atoms with E-state index in [0.717, 1.165) is 39.0 Å². The van der Waals surface area contributed by atoms with Crippen LogP contribution in [-0.4, -0.2) is 0 Å². The Bertz CT molecular complexity index is 3110. The van der Waals surface area contributed by atoms with E-state index in [9.17, 15) is 0 Å². The Balaban J connectivity index is 1.23. The summed E-state index contributed by atoms with van der Waals surface area (Å²) in [4.78, 5) is 2.43. The van der Waals surface area contributed by atoms with Gasteiger partial charge < -0.3 is 9.32 Å². The molecule has 0 spiro atoms. The van der Waals surface area contributed by atoms with Crippen molar-refractivity contribution in [1.82, 2.24) is 0 Å². The van der Waals surface area contributed by atoms with Gasteiger partial charge in [-0.2, -0.15) is 0 Å². The Morgan fingerprint density at radius 1 is 0.436 bits per heavy atom. The first-order valence-corrected chi connectivity index (χ1v) is 19.1. The van der Waals surface area contributed by atoms with E-state index >= 15 is 0 Å². The smallest absolute Gasteiger partial charge is 0.159 e. The molecule has 10 aromatic rings. The molecule has 1 aromatic heterocycles. The van der Waals surface area contributed by atoms with Crippen molar-refractivity contribution in [2.75, 3.05) is 4.90 Å². The number of hydrogen-bond donors (Lipinski definition) is 0. The molecule has 0 amide bonds. The summed E-state index contributed by atoms with van der Waals surface area (Å²) in [5, 5.41) is 7.28. The molecule has 0 atom stereocenters. The Kier molecular flexibility index (Phi) is 6.93. The predicted molar refractivity (Wildman–Crippen MR) is 232 cm³/mol. The Hall–Kier alpha value is -6.90. The summed E-state index contributed by atoms with van der Waals surface area (Å²) in [6.45, 7) is 4.81. The fraction of sp³-hybridized carbons (Fsp3) is 0.0566. The number of furan rings is 1. The molecule has 2 heteroatoms. The quantitative estimate of drug-likeness (QED) is 0.177. The monoisotopic (exact) mass is 703 g/mol. The maximum atomic E-state index is 6.78. The van der Waals surface area contributed by atoms with Crippen molar-refractivity contribution < 1.29 is 4.42 Å². The van der Waals surface area contributed by atoms with Crippen LogP contribution in [0.3, 0.4) is 0 Å². The summed E-state index contributed by atoms with van der Waals surface area (Å²) in [6, 6.07) is 68.3. The van der Waals surface area contributed by atoms with Gasteiger partial charge in [0.15, 0.2) is 5.58 Å². The van der Waals surface area contributed by atoms with Gasteiger partial charge in [0.1, 0.15) is 5.58 Å². The van der Waals surface area contributed by atoms with Crippen molar-refractivity contribution in [2.45, 2.75) is 19.3 Å². The third-order valence-electron chi connectivity index (χ3n) is 11.8. The van der Waals surface area contributed by atoms with Crippen LogP contribution < -0.4 is 4.90 Å². The maximum Gasteiger partial charge on any atom is 0.159 e. The van der Waals surface area contributed by atoms with Crippen molar-refractivity contribution >= 4 is 60.5 Å². The lowest BCUT2D eigenvalue weighted by Gasteiger charge is -2.39. The summed E-state index contributed by atoms with van der Waals surface area (Å²) < 4.78 is 6.78. The molecule has 9 aromatic carbocycles. The molecule has 0 aliphatic heterocycles. The molecule has 0 radical (unpaired) electrons. The maximum absolute atomic E-state index is 6.78. The van der Waals surface area contributed by atoms with Crippen molar-refractivity contribution in [3.63, 3.8) is 0 Å². The fourth-order valence-electron chi connectivity index (χ4n) is 9.35. The van der Waals surface area contributed by atoms with Crippen LogP contribution in [0.4, 0.5) is 17.1 Å². The number of benzene rings is 9. The molecule has 11 rings (SSSR count). The van der Waals surface area contributed by atoms with E-state index in [1.54, 1.807) is 0 Å². The minimum Gasteiger partial charge on any atom is -0.454 e. The first-order chi connectivity index (χ1) is 27.1. The van der Waals surface area contributed by atoms with E-state index in [2.05, 4.69) is 201 Å². The lowest BCUT2D eigenvalue weighted by molar-refractivity contribution is 0.647. The molecule has 0 bridgehead atoms. The predicted octanol–water partition coefficient (Wildman–Crippen LogP) is 15.0. The Morgan fingerprint density at radius 2 is 1.07 bits per heavy atom. The summed E-state index contributed by atoms with van der Waals surface area (Å²) in [5.74, 6) is 0. The average Bonchev–Trinajstić information content (AvgIpc) is 3.63. The third kappa shape index (κ3) is 4.74. The molecule has 0 unspecified atom stereocenters. The molecule has 1 aliphatic rings. The van der Waals surface area contributed by atoms with Gasteiger partial charge in [-0.3, -0.25) is 0 Å². The van der Waals surface area contributed by atoms with Crippen molar-refractivity contribution in [3.05, 3.63) is 199 Å². The highest BCUT2D eigenvalue weighted by Gasteiger charge is 2.38. The highest BCUT2D eigenvalue weighted by Crippen LogP contribution is 2.56. The van der Waals surface area contributed by atoms with E-state index in [0.29, 0.717) is 0 Å². The van der Waals surface area contributed by atoms with Gasteiger partial charge in [0, 0.05) is 27.4 Å². The van der Waals surface area contributed by atoms with Crippen molar-refractivity contribution in [2.24, 2.45) is 0 Å². The van der Waals surface area contributed by atoms with Crippen LogP contribution in [0, 0.1) is 0 Å². The van der Waals surface area contributed by atoms with Crippen LogP contribution in [-0.2, 0) is 5.41 Å². The zero-order chi connectivity index (χ0) is 36.7. The van der Waals surface area contributed by atoms with Crippen LogP contribution in [0.5, 0.6) is 0 Å². The summed E-state index contributed by atoms with van der Waals surface area (Å²) >= 11 is 0. The molecule has 0 saturated carbocycles. The van der Waals surface area contributed by atoms with E-state index in [4.69, 9.17) is 4.42 Å². The lowest BCUT2D eigenvalue weighted by atomic mass is 9.66. The molecule has 55 heavy (non-hydrogen) atoms. The van der Waals surface area contributed by atoms with E-state index < -0.39 is 0 Å². The van der Waals surface area contributed by atoms with Crippen LogP contribution in [0.15, 0.2) is 192 Å². The molecule has 0 saturated heterocycles. The highest BCUT2D eigenvalue weighted by atomic mass is 16.3. The van der Waals surface area contributed by atoms with Gasteiger partial charge in [0.25, 0.3) is 0 Å². The van der Waals surface area contributed by atoms with Crippen molar-refractivity contribution in [3.8, 4) is 33.4 Å². The number of para-hydroxylation sites is 2. The fourth-order valence-corrected chi connectivity index (χ4v) is 9.35. The van der Waals surface area contributed by atoms with Gasteiger partial charge >= 0.3 is 0 Å². The van der Waals surface area contributed by atoms with Crippen LogP contribution >= 0.6 is 0 Å². The van der Waals surface area contributed by atoms with E-state index in [-0.39, 0.29) is 5.41 Å². The van der Waals surface area contributed by atoms with Gasteiger partial charge in [0.2, 0.25) is 0 Å². The number of rotatable bonds is 5. The van der Waals surface area contributed by atoms with E-state index in [1.165, 1.54) is 66.1 Å². The molecule has 0 N–H and O–H groups in total. The van der Waals surface area contributed by atoms with Gasteiger partial charge in [-0.1, -0.05) is 172 Å². The topological polar surface area (TPSA) is 16.4 Å². The Labute approximate surface area is 320 Å². The highest BCUT2D eigenvalue weighted by molar-refractivity contribution is 6.15. The van der Waals surface area contributed by atoms with Crippen molar-refractivity contribution in [1.29, 1.82) is 0 Å². The third-order valence-corrected chi connectivity index (χ3v) is 11.8. The second kappa shape index (κ2) is 12.1. The normalized spacial score (nSPS) is 13.1. The standard InChI is InChI=1S/C53H37NO/c1-53(2)45-25-11-18-37-30-33-46(50(49(37)45)44-24-12-22-42(51(44)53)40-21-10-17-36-16-6-7-19-39(36)40)54(38-31-28-35(29-32-38)34-14-4-3-5-15-34)47-26-13-23-43-41-20-8-9-27-48(41)55-52(43)47/h3-33H,1-2H3. The van der Waals surface area contributed by atoms with E-state index in [1.807, 2.05) is 6.07 Å². The molecule has 0 fully saturated rings. The van der Waals surface area contributed by atoms with Gasteiger partial charge in [-0.05, 0) is 90.8 Å². The Morgan fingerprint density at radius 3 is 1.95 bits per heavy atom. The number of anilines is 3. The first kappa shape index (κ1) is 31.6. The minimum atomic E-state index is -0.269. The van der Waals surface area contributed by atoms with Gasteiger partial charge in [-0.15, -0.1) is 0 Å². The average molecular weight is 704 g/mol. The molecular weight excluding hydrogens is 667 g/mol. The largest absolute Gasteiger partial charge is 0.454 e. The van der Waals surface area contributed by atoms with Gasteiger partial charge in [0.05, 0.1) is 11.4 Å². The summed E-state index contributed by atoms with van der Waals surface area (Å²) in [7, 11) is 0. The first-order valence-electron chi connectivity index (χ1n) is 19.1. The van der Waals surface area contributed by atoms with Crippen LogP contribution in [0.1, 0.15) is 25.0 Å². The SMILES string of the molecule is CC1(C)c2c(-c3cccc4ccccc34)cccc2-c2c(N(c3ccc(-c4ccccc4)cc3)c3cccc4c3oc3ccccc34)ccc3cccc1c23. The minimum absolute atomic E-state index is 0.269. The van der Waals surface area contributed by atoms with Gasteiger partial charge in [-0.25, -0.2) is 0 Å². The number of hydrogen-bond acceptors (Lipinski definition) is 2. The second-order valence-electron chi connectivity index (χ2n) is 15.2. The summed E-state index contributed by atoms with van der Waals surface area (Å²) in [6.07, 6.45) is 0. The molecular formula is C53H37NO. The molecule has 260 valence electrons. The van der Waals surface area contributed by atoms with Crippen LogP contribution in [0.25, 0.3) is 76.9 Å². The summed E-state index contributed by atoms with van der Waals surface area (Å²) in [5.41, 5.74) is 14.8. The number of nitrogens with zero attached hydrogens (tertiary/aromatic N) is 1. The zero-order valence-corrected chi connectivity index (χ0v) is 30.8. The number of fused-ring (bicyclic) bond motifs is 6. The zero-order valence-electron chi connectivity index (χ0n) is 30.8. The van der Waals surface area contributed by atoms with Crippen LogP contribution in [0.2, 0.25) is 0 Å².